The molecule has 11 heavy (non-hydrogen) atoms. The van der Waals surface area contributed by atoms with E-state index in [4.69, 9.17) is 5.73 Å². The summed E-state index contributed by atoms with van der Waals surface area (Å²) in [5.41, 5.74) is 5.54. The van der Waals surface area contributed by atoms with Crippen molar-refractivity contribution in [3.63, 3.8) is 0 Å². The van der Waals surface area contributed by atoms with Crippen LogP contribution in [0.25, 0.3) is 0 Å². The van der Waals surface area contributed by atoms with E-state index in [0.29, 0.717) is 0 Å². The highest BCUT2D eigenvalue weighted by Crippen LogP contribution is 2.39. The third-order valence-electron chi connectivity index (χ3n) is 2.89. The Morgan fingerprint density at radius 3 is 3.00 bits per heavy atom. The average molecular weight is 149 g/mol. The average Bonchev–Trinajstić information content (AvgIpc) is 2.53. The Hall–Kier alpha value is -0.560. The van der Waals surface area contributed by atoms with Gasteiger partial charge in [-0.05, 0) is 37.1 Å². The summed E-state index contributed by atoms with van der Waals surface area (Å²) in [5.74, 6) is 2.37. The molecule has 0 amide bonds. The third kappa shape index (κ3) is 1.14. The molecule has 0 fully saturated rings. The number of fused-ring (bicyclic) bond motifs is 1. The van der Waals surface area contributed by atoms with E-state index < -0.39 is 0 Å². The number of allylic oxidation sites excluding steroid dienone is 4. The van der Waals surface area contributed by atoms with Crippen molar-refractivity contribution in [1.82, 2.24) is 0 Å². The lowest BCUT2D eigenvalue weighted by Crippen LogP contribution is -2.14. The number of rotatable bonds is 2. The quantitative estimate of drug-likeness (QED) is 0.594. The normalized spacial score (nSPS) is 39.9. The number of nitrogens with two attached hydrogens (primary N) is 1. The van der Waals surface area contributed by atoms with Crippen LogP contribution in [0.5, 0.6) is 0 Å². The zero-order valence-corrected chi connectivity index (χ0v) is 6.74. The maximum atomic E-state index is 5.54. The Bertz CT molecular complexity index is 193. The standard InChI is InChI=1S/C10H15N/c11-7-6-9-5-4-8-2-1-3-10(8)9/h1-2,4-5,8-10H,3,6-7,11H2/t8-,9+,10-/m0/s1. The summed E-state index contributed by atoms with van der Waals surface area (Å²) in [4.78, 5) is 0. The van der Waals surface area contributed by atoms with Crippen LogP contribution in [0.3, 0.4) is 0 Å². The summed E-state index contributed by atoms with van der Waals surface area (Å²) in [6.07, 6.45) is 11.8. The Morgan fingerprint density at radius 2 is 2.18 bits per heavy atom. The molecule has 0 aromatic heterocycles. The van der Waals surface area contributed by atoms with E-state index in [-0.39, 0.29) is 0 Å². The Morgan fingerprint density at radius 1 is 1.27 bits per heavy atom. The van der Waals surface area contributed by atoms with Crippen molar-refractivity contribution < 1.29 is 0 Å². The van der Waals surface area contributed by atoms with E-state index in [2.05, 4.69) is 24.3 Å². The molecule has 0 heterocycles. The molecule has 0 bridgehead atoms. The first-order chi connectivity index (χ1) is 5.42. The van der Waals surface area contributed by atoms with Gasteiger partial charge >= 0.3 is 0 Å². The van der Waals surface area contributed by atoms with Crippen LogP contribution in [0, 0.1) is 17.8 Å². The van der Waals surface area contributed by atoms with Gasteiger partial charge in [-0.3, -0.25) is 0 Å². The first-order valence-corrected chi connectivity index (χ1v) is 4.47. The Balaban J connectivity index is 2.01. The van der Waals surface area contributed by atoms with Gasteiger partial charge in [0.2, 0.25) is 0 Å². The second kappa shape index (κ2) is 2.82. The smallest absolute Gasteiger partial charge is 0.00165 e. The van der Waals surface area contributed by atoms with Gasteiger partial charge in [0.05, 0.1) is 0 Å². The van der Waals surface area contributed by atoms with Crippen molar-refractivity contribution in [2.45, 2.75) is 12.8 Å². The topological polar surface area (TPSA) is 26.0 Å². The minimum absolute atomic E-state index is 0.742. The van der Waals surface area contributed by atoms with Crippen molar-refractivity contribution >= 4 is 0 Å². The fraction of sp³-hybridized carbons (Fsp3) is 0.600. The van der Waals surface area contributed by atoms with Crippen LogP contribution >= 0.6 is 0 Å². The minimum Gasteiger partial charge on any atom is -0.330 e. The summed E-state index contributed by atoms with van der Waals surface area (Å²) in [6.45, 7) is 0.832. The molecule has 0 spiro atoms. The van der Waals surface area contributed by atoms with E-state index in [1.165, 1.54) is 12.8 Å². The van der Waals surface area contributed by atoms with Gasteiger partial charge in [0.1, 0.15) is 0 Å². The van der Waals surface area contributed by atoms with Crippen molar-refractivity contribution in [1.29, 1.82) is 0 Å². The highest BCUT2D eigenvalue weighted by atomic mass is 14.5. The van der Waals surface area contributed by atoms with Crippen molar-refractivity contribution in [3.8, 4) is 0 Å². The molecule has 0 unspecified atom stereocenters. The molecule has 0 radical (unpaired) electrons. The zero-order chi connectivity index (χ0) is 7.68. The molecule has 1 nitrogen and oxygen atoms in total. The van der Waals surface area contributed by atoms with Gasteiger partial charge in [-0.2, -0.15) is 0 Å². The van der Waals surface area contributed by atoms with Crippen molar-refractivity contribution in [2.75, 3.05) is 6.54 Å². The third-order valence-corrected chi connectivity index (χ3v) is 2.89. The van der Waals surface area contributed by atoms with Crippen LogP contribution in [-0.4, -0.2) is 6.54 Å². The minimum atomic E-state index is 0.742. The van der Waals surface area contributed by atoms with Gasteiger partial charge in [-0.25, -0.2) is 0 Å². The van der Waals surface area contributed by atoms with Crippen LogP contribution in [0.2, 0.25) is 0 Å². The predicted molar refractivity (Wildman–Crippen MR) is 47.0 cm³/mol. The largest absolute Gasteiger partial charge is 0.330 e. The van der Waals surface area contributed by atoms with Gasteiger partial charge in [-0.1, -0.05) is 24.3 Å². The van der Waals surface area contributed by atoms with Crippen LogP contribution in [0.1, 0.15) is 12.8 Å². The van der Waals surface area contributed by atoms with E-state index in [9.17, 15) is 0 Å². The fourth-order valence-corrected chi connectivity index (χ4v) is 2.28. The number of hydrogen-bond donors (Lipinski definition) is 1. The summed E-state index contributed by atoms with van der Waals surface area (Å²) in [6, 6.07) is 0. The van der Waals surface area contributed by atoms with Crippen molar-refractivity contribution in [3.05, 3.63) is 24.3 Å². The molecular formula is C10H15N. The lowest BCUT2D eigenvalue weighted by atomic mass is 9.88. The lowest BCUT2D eigenvalue weighted by molar-refractivity contribution is 0.380. The molecule has 1 heteroatoms. The van der Waals surface area contributed by atoms with Crippen molar-refractivity contribution in [2.24, 2.45) is 23.5 Å². The van der Waals surface area contributed by atoms with Gasteiger partial charge < -0.3 is 5.73 Å². The molecule has 3 atom stereocenters. The lowest BCUT2D eigenvalue weighted by Gasteiger charge is -2.17. The molecule has 0 aliphatic heterocycles. The first kappa shape index (κ1) is 7.11. The fourth-order valence-electron chi connectivity index (χ4n) is 2.28. The second-order valence-corrected chi connectivity index (χ2v) is 3.53. The van der Waals surface area contributed by atoms with Crippen LogP contribution in [0.15, 0.2) is 24.3 Å². The molecule has 0 saturated carbocycles. The SMILES string of the molecule is NCC[C@H]1C=C[C@@H]2C=CC[C@@H]21. The molecule has 2 aliphatic carbocycles. The van der Waals surface area contributed by atoms with Gasteiger partial charge in [-0.15, -0.1) is 0 Å². The summed E-state index contributed by atoms with van der Waals surface area (Å²) < 4.78 is 0. The van der Waals surface area contributed by atoms with Crippen LogP contribution < -0.4 is 5.73 Å². The summed E-state index contributed by atoms with van der Waals surface area (Å²) in [5, 5.41) is 0. The second-order valence-electron chi connectivity index (χ2n) is 3.53. The summed E-state index contributed by atoms with van der Waals surface area (Å²) >= 11 is 0. The maximum absolute atomic E-state index is 5.54. The summed E-state index contributed by atoms with van der Waals surface area (Å²) in [7, 11) is 0. The molecule has 2 N–H and O–H groups in total. The van der Waals surface area contributed by atoms with Crippen LogP contribution in [0.4, 0.5) is 0 Å². The predicted octanol–water partition coefficient (Wildman–Crippen LogP) is 1.71. The zero-order valence-electron chi connectivity index (χ0n) is 6.74. The van der Waals surface area contributed by atoms with E-state index in [0.717, 1.165) is 24.3 Å². The van der Waals surface area contributed by atoms with Crippen LogP contribution in [-0.2, 0) is 0 Å². The Kier molecular flexibility index (Phi) is 1.82. The van der Waals surface area contributed by atoms with E-state index in [1.54, 1.807) is 0 Å². The molecule has 60 valence electrons. The Labute approximate surface area is 68.0 Å². The maximum Gasteiger partial charge on any atom is -0.00165 e. The monoisotopic (exact) mass is 149 g/mol. The molecule has 0 aromatic rings. The number of hydrogen-bond acceptors (Lipinski definition) is 1. The highest BCUT2D eigenvalue weighted by Gasteiger charge is 2.31. The molecule has 0 aromatic carbocycles. The van der Waals surface area contributed by atoms with Gasteiger partial charge in [0.25, 0.3) is 0 Å². The molecular weight excluding hydrogens is 134 g/mol. The van der Waals surface area contributed by atoms with E-state index in [1.807, 2.05) is 0 Å². The molecule has 0 saturated heterocycles. The molecule has 2 aliphatic rings. The molecule has 2 rings (SSSR count). The van der Waals surface area contributed by atoms with E-state index >= 15 is 0 Å². The highest BCUT2D eigenvalue weighted by molar-refractivity contribution is 5.18. The van der Waals surface area contributed by atoms with Gasteiger partial charge in [0.15, 0.2) is 0 Å². The first-order valence-electron chi connectivity index (χ1n) is 4.47. The van der Waals surface area contributed by atoms with Gasteiger partial charge in [0, 0.05) is 0 Å².